The zero-order valence-electron chi connectivity index (χ0n) is 17.9. The largest absolute Gasteiger partial charge is 0.453 e. The number of nitrogens with zero attached hydrogens (tertiary/aromatic N) is 1. The molecule has 0 saturated heterocycles. The van der Waals surface area contributed by atoms with Crippen LogP contribution >= 0.6 is 0 Å². The number of esters is 1. The van der Waals surface area contributed by atoms with Gasteiger partial charge in [-0.3, -0.25) is 0 Å². The van der Waals surface area contributed by atoms with Crippen molar-refractivity contribution in [1.82, 2.24) is 4.90 Å². The number of hydrogen-bond donors (Lipinski definition) is 0. The molecule has 1 amide bonds. The zero-order valence-corrected chi connectivity index (χ0v) is 17.9. The van der Waals surface area contributed by atoms with Crippen molar-refractivity contribution in [2.45, 2.75) is 38.6 Å². The quantitative estimate of drug-likeness (QED) is 0.613. The summed E-state index contributed by atoms with van der Waals surface area (Å²) in [5, 5.41) is 0. The van der Waals surface area contributed by atoms with Gasteiger partial charge in [-0.05, 0) is 44.0 Å². The third-order valence-electron chi connectivity index (χ3n) is 4.20. The summed E-state index contributed by atoms with van der Waals surface area (Å²) in [4.78, 5) is 26.5. The Morgan fingerprint density at radius 1 is 1.00 bits per heavy atom. The number of methoxy groups -OCH3 is 1. The lowest BCUT2D eigenvalue weighted by Gasteiger charge is -2.28. The van der Waals surface area contributed by atoms with E-state index < -0.39 is 35.7 Å². The van der Waals surface area contributed by atoms with E-state index >= 15 is 0 Å². The molecule has 0 aliphatic rings. The second-order valence-corrected chi connectivity index (χ2v) is 7.86. The summed E-state index contributed by atoms with van der Waals surface area (Å²) in [5.41, 5.74) is 0.522. The monoisotopic (exact) mass is 417 g/mol. The Kier molecular flexibility index (Phi) is 7.94. The Bertz CT molecular complexity index is 833. The fraction of sp³-hybridized carbons (Fsp3) is 0.391. The fourth-order valence-electron chi connectivity index (χ4n) is 2.75. The molecule has 0 aromatic heterocycles. The number of carbonyl (C=O) groups excluding carboxylic acids is 2. The highest BCUT2D eigenvalue weighted by atomic mass is 19.1. The fourth-order valence-corrected chi connectivity index (χ4v) is 2.75. The second-order valence-electron chi connectivity index (χ2n) is 7.86. The van der Waals surface area contributed by atoms with Crippen LogP contribution in [0.3, 0.4) is 0 Å². The molecule has 2 rings (SSSR count). The van der Waals surface area contributed by atoms with E-state index in [0.29, 0.717) is 11.1 Å². The summed E-state index contributed by atoms with van der Waals surface area (Å²) in [6.07, 6.45) is -2.32. The highest BCUT2D eigenvalue weighted by molar-refractivity contribution is 5.77. The van der Waals surface area contributed by atoms with Gasteiger partial charge in [-0.2, -0.15) is 0 Å². The number of rotatable bonds is 7. The van der Waals surface area contributed by atoms with Crippen molar-refractivity contribution in [3.8, 4) is 0 Å². The maximum Gasteiger partial charge on any atom is 0.410 e. The molecule has 0 bridgehead atoms. The molecule has 0 unspecified atom stereocenters. The number of amides is 1. The van der Waals surface area contributed by atoms with Crippen LogP contribution in [0, 0.1) is 5.82 Å². The van der Waals surface area contributed by atoms with Crippen molar-refractivity contribution in [3.63, 3.8) is 0 Å². The van der Waals surface area contributed by atoms with Gasteiger partial charge < -0.3 is 19.1 Å². The molecule has 0 fully saturated rings. The number of ether oxygens (including phenoxy) is 3. The molecular weight excluding hydrogens is 389 g/mol. The van der Waals surface area contributed by atoms with E-state index in [-0.39, 0.29) is 6.54 Å². The van der Waals surface area contributed by atoms with E-state index in [0.717, 1.165) is 0 Å². The molecule has 0 N–H and O–H groups in total. The molecule has 2 aromatic rings. The molecule has 0 spiro atoms. The summed E-state index contributed by atoms with van der Waals surface area (Å²) >= 11 is 0. The highest BCUT2D eigenvalue weighted by Crippen LogP contribution is 2.25. The summed E-state index contributed by atoms with van der Waals surface area (Å²) in [5.74, 6) is -1.03. The van der Waals surface area contributed by atoms with Gasteiger partial charge in [0.1, 0.15) is 17.5 Å². The molecule has 2 aromatic carbocycles. The van der Waals surface area contributed by atoms with Gasteiger partial charge >= 0.3 is 12.1 Å². The topological polar surface area (TPSA) is 65.1 Å². The van der Waals surface area contributed by atoms with Crippen molar-refractivity contribution in [2.75, 3.05) is 20.7 Å². The van der Waals surface area contributed by atoms with Gasteiger partial charge in [0.15, 0.2) is 6.10 Å². The average molecular weight is 417 g/mol. The van der Waals surface area contributed by atoms with Crippen LogP contribution in [0.25, 0.3) is 0 Å². The van der Waals surface area contributed by atoms with Gasteiger partial charge in [-0.15, -0.1) is 0 Å². The minimum Gasteiger partial charge on any atom is -0.453 e. The molecule has 2 atom stereocenters. The van der Waals surface area contributed by atoms with Crippen LogP contribution < -0.4 is 0 Å². The van der Waals surface area contributed by atoms with E-state index in [1.54, 1.807) is 52.1 Å². The molecular formula is C23H28FNO5. The summed E-state index contributed by atoms with van der Waals surface area (Å²) < 4.78 is 29.8. The molecule has 30 heavy (non-hydrogen) atoms. The molecule has 0 aliphatic carbocycles. The van der Waals surface area contributed by atoms with Crippen LogP contribution in [-0.4, -0.2) is 43.3 Å². The average Bonchev–Trinajstić information content (AvgIpc) is 2.68. The minimum absolute atomic E-state index is 0.0253. The molecule has 0 saturated carbocycles. The first-order valence-electron chi connectivity index (χ1n) is 9.58. The third kappa shape index (κ3) is 6.84. The zero-order chi connectivity index (χ0) is 22.3. The Hall–Kier alpha value is -2.93. The summed E-state index contributed by atoms with van der Waals surface area (Å²) in [6.45, 7) is 5.31. The number of benzene rings is 2. The smallest absolute Gasteiger partial charge is 0.410 e. The van der Waals surface area contributed by atoms with Gasteiger partial charge in [-0.1, -0.05) is 42.5 Å². The van der Waals surface area contributed by atoms with Gasteiger partial charge in [0.2, 0.25) is 0 Å². The number of likely N-dealkylation sites (N-methyl/N-ethyl adjacent to an activating group) is 1. The lowest BCUT2D eigenvalue weighted by Crippen LogP contribution is -2.37. The van der Waals surface area contributed by atoms with Crippen molar-refractivity contribution in [2.24, 2.45) is 0 Å². The SMILES string of the molecule is CO[C@H](C(=O)O[C@H](CN(C)C(=O)OC(C)(C)C)c1ccc(F)cc1)c1ccccc1. The molecule has 7 heteroatoms. The number of carbonyl (C=O) groups is 2. The van der Waals surface area contributed by atoms with Gasteiger partial charge in [-0.25, -0.2) is 14.0 Å². The third-order valence-corrected chi connectivity index (χ3v) is 4.20. The second kappa shape index (κ2) is 10.2. The Balaban J connectivity index is 2.22. The van der Waals surface area contributed by atoms with E-state index in [9.17, 15) is 14.0 Å². The van der Waals surface area contributed by atoms with E-state index in [1.807, 2.05) is 6.07 Å². The first-order chi connectivity index (χ1) is 14.1. The van der Waals surface area contributed by atoms with Crippen LogP contribution in [0.15, 0.2) is 54.6 Å². The van der Waals surface area contributed by atoms with Crippen molar-refractivity contribution >= 4 is 12.1 Å². The normalized spacial score (nSPS) is 13.3. The van der Waals surface area contributed by atoms with Gasteiger partial charge in [0.25, 0.3) is 0 Å². The van der Waals surface area contributed by atoms with Crippen LogP contribution in [0.5, 0.6) is 0 Å². The molecule has 0 radical (unpaired) electrons. The van der Waals surface area contributed by atoms with Gasteiger partial charge in [0, 0.05) is 14.2 Å². The maximum atomic E-state index is 13.4. The first-order valence-corrected chi connectivity index (χ1v) is 9.58. The highest BCUT2D eigenvalue weighted by Gasteiger charge is 2.29. The standard InChI is InChI=1S/C23H28FNO5/c1-23(2,3)30-22(27)25(4)15-19(16-11-13-18(24)14-12-16)29-21(26)20(28-5)17-9-7-6-8-10-17/h6-14,19-20H,15H2,1-5H3/t19-,20+/m1/s1. The molecule has 0 aliphatic heterocycles. The molecule has 6 nitrogen and oxygen atoms in total. The van der Waals surface area contributed by atoms with Crippen LogP contribution in [-0.2, 0) is 19.0 Å². The van der Waals surface area contributed by atoms with Crippen molar-refractivity contribution in [1.29, 1.82) is 0 Å². The van der Waals surface area contributed by atoms with Crippen LogP contribution in [0.2, 0.25) is 0 Å². The number of halogens is 1. The minimum atomic E-state index is -0.930. The van der Waals surface area contributed by atoms with Crippen molar-refractivity contribution in [3.05, 3.63) is 71.5 Å². The van der Waals surface area contributed by atoms with E-state index in [2.05, 4.69) is 0 Å². The Morgan fingerprint density at radius 2 is 1.60 bits per heavy atom. The van der Waals surface area contributed by atoms with E-state index in [4.69, 9.17) is 14.2 Å². The lowest BCUT2D eigenvalue weighted by molar-refractivity contribution is -0.162. The lowest BCUT2D eigenvalue weighted by atomic mass is 10.1. The van der Waals surface area contributed by atoms with Crippen LogP contribution in [0.1, 0.15) is 44.1 Å². The van der Waals surface area contributed by atoms with Crippen LogP contribution in [0.4, 0.5) is 9.18 Å². The first kappa shape index (κ1) is 23.3. The maximum absolute atomic E-state index is 13.4. The Labute approximate surface area is 176 Å². The molecule has 162 valence electrons. The Morgan fingerprint density at radius 3 is 2.13 bits per heavy atom. The predicted molar refractivity (Wildman–Crippen MR) is 110 cm³/mol. The summed E-state index contributed by atoms with van der Waals surface area (Å²) in [6, 6.07) is 14.5. The van der Waals surface area contributed by atoms with E-state index in [1.165, 1.54) is 36.3 Å². The molecule has 0 heterocycles. The summed E-state index contributed by atoms with van der Waals surface area (Å²) in [7, 11) is 2.96. The predicted octanol–water partition coefficient (Wildman–Crippen LogP) is 4.66. The van der Waals surface area contributed by atoms with Crippen molar-refractivity contribution < 1.29 is 28.2 Å². The number of hydrogen-bond acceptors (Lipinski definition) is 5. The van der Waals surface area contributed by atoms with Gasteiger partial charge in [0.05, 0.1) is 6.54 Å².